The van der Waals surface area contributed by atoms with Crippen molar-refractivity contribution in [3.63, 3.8) is 0 Å². The maximum atomic E-state index is 13.4. The van der Waals surface area contributed by atoms with Crippen LogP contribution in [0, 0.1) is 0 Å². The molecule has 0 spiro atoms. The number of hydrogen-bond acceptors (Lipinski definition) is 4. The molecule has 4 nitrogen and oxygen atoms in total. The molecule has 156 valence electrons. The van der Waals surface area contributed by atoms with Crippen LogP contribution >= 0.6 is 23.4 Å². The van der Waals surface area contributed by atoms with Crippen molar-refractivity contribution in [2.24, 2.45) is 0 Å². The molecule has 31 heavy (non-hydrogen) atoms. The van der Waals surface area contributed by atoms with E-state index in [9.17, 15) is 9.59 Å². The molecule has 6 heteroatoms. The molecule has 1 aromatic heterocycles. The second-order valence-corrected chi connectivity index (χ2v) is 8.55. The first-order chi connectivity index (χ1) is 15.1. The van der Waals surface area contributed by atoms with Crippen molar-refractivity contribution < 1.29 is 14.3 Å². The van der Waals surface area contributed by atoms with E-state index in [-0.39, 0.29) is 12.2 Å². The van der Waals surface area contributed by atoms with Gasteiger partial charge in [-0.05, 0) is 30.3 Å². The molecule has 0 aliphatic carbocycles. The lowest BCUT2D eigenvalue weighted by atomic mass is 9.99. The fourth-order valence-electron chi connectivity index (χ4n) is 3.29. The predicted octanol–water partition coefficient (Wildman–Crippen LogP) is 6.47. The number of carbonyl (C=O) groups is 2. The van der Waals surface area contributed by atoms with Crippen LogP contribution in [-0.4, -0.2) is 22.5 Å². The number of nitrogens with one attached hydrogen (secondary N) is 1. The van der Waals surface area contributed by atoms with Crippen LogP contribution in [0.4, 0.5) is 0 Å². The van der Waals surface area contributed by atoms with Crippen LogP contribution in [0.5, 0.6) is 0 Å². The smallest absolute Gasteiger partial charge is 0.307 e. The molecule has 4 aromatic rings. The minimum atomic E-state index is -0.992. The Labute approximate surface area is 189 Å². The molecule has 0 bridgehead atoms. The van der Waals surface area contributed by atoms with Crippen molar-refractivity contribution >= 4 is 46.0 Å². The van der Waals surface area contributed by atoms with Crippen molar-refractivity contribution in [3.8, 4) is 0 Å². The molecule has 3 aromatic carbocycles. The lowest BCUT2D eigenvalue weighted by Crippen LogP contribution is -2.20. The van der Waals surface area contributed by atoms with Crippen molar-refractivity contribution in [2.75, 3.05) is 5.75 Å². The summed E-state index contributed by atoms with van der Waals surface area (Å²) < 4.78 is 5.69. The van der Waals surface area contributed by atoms with E-state index in [0.29, 0.717) is 21.9 Å². The number of benzene rings is 3. The Hall–Kier alpha value is -3.02. The molecule has 0 fully saturated rings. The van der Waals surface area contributed by atoms with Crippen LogP contribution in [0.25, 0.3) is 10.9 Å². The van der Waals surface area contributed by atoms with Crippen molar-refractivity contribution in [3.05, 3.63) is 101 Å². The summed E-state index contributed by atoms with van der Waals surface area (Å²) in [6.07, 6.45) is 0.874. The van der Waals surface area contributed by atoms with E-state index in [0.717, 1.165) is 15.8 Å². The molecule has 0 aliphatic heterocycles. The Kier molecular flexibility index (Phi) is 6.75. The zero-order chi connectivity index (χ0) is 21.6. The number of aromatic amines is 1. The quantitative estimate of drug-likeness (QED) is 0.190. The van der Waals surface area contributed by atoms with E-state index in [1.165, 1.54) is 11.8 Å². The molecular formula is C25H20ClNO3S. The summed E-state index contributed by atoms with van der Waals surface area (Å²) in [5.74, 6) is -0.116. The van der Waals surface area contributed by atoms with Gasteiger partial charge in [-0.1, -0.05) is 60.1 Å². The van der Waals surface area contributed by atoms with Gasteiger partial charge >= 0.3 is 5.97 Å². The molecule has 0 saturated heterocycles. The maximum Gasteiger partial charge on any atom is 0.307 e. The summed E-state index contributed by atoms with van der Waals surface area (Å²) in [5, 5.41) is 1.48. The second kappa shape index (κ2) is 9.86. The Morgan fingerprint density at radius 1 is 0.935 bits per heavy atom. The highest BCUT2D eigenvalue weighted by Crippen LogP contribution is 2.28. The number of para-hydroxylation sites is 1. The summed E-state index contributed by atoms with van der Waals surface area (Å²) >= 11 is 7.44. The number of esters is 1. The lowest BCUT2D eigenvalue weighted by molar-refractivity contribution is -0.146. The normalized spacial score (nSPS) is 11.9. The van der Waals surface area contributed by atoms with Crippen LogP contribution < -0.4 is 0 Å². The summed E-state index contributed by atoms with van der Waals surface area (Å²) in [5.41, 5.74) is 2.02. The number of halogens is 1. The van der Waals surface area contributed by atoms with E-state index in [1.807, 2.05) is 66.7 Å². The van der Waals surface area contributed by atoms with Gasteiger partial charge in [-0.15, -0.1) is 11.8 Å². The van der Waals surface area contributed by atoms with Gasteiger partial charge in [0.2, 0.25) is 5.78 Å². The van der Waals surface area contributed by atoms with Gasteiger partial charge in [-0.2, -0.15) is 0 Å². The molecule has 1 N–H and O–H groups in total. The summed E-state index contributed by atoms with van der Waals surface area (Å²) in [6, 6.07) is 24.1. The molecule has 0 radical (unpaired) electrons. The van der Waals surface area contributed by atoms with Crippen molar-refractivity contribution in [1.82, 2.24) is 4.98 Å². The number of fused-ring (bicyclic) bond motifs is 1. The first-order valence-electron chi connectivity index (χ1n) is 9.85. The number of ketones is 1. The van der Waals surface area contributed by atoms with Gasteiger partial charge < -0.3 is 9.72 Å². The van der Waals surface area contributed by atoms with Crippen LogP contribution in [0.15, 0.2) is 90.0 Å². The third kappa shape index (κ3) is 5.19. The van der Waals surface area contributed by atoms with Crippen LogP contribution in [-0.2, 0) is 9.53 Å². The van der Waals surface area contributed by atoms with Crippen LogP contribution in [0.1, 0.15) is 28.4 Å². The van der Waals surface area contributed by atoms with E-state index < -0.39 is 12.1 Å². The topological polar surface area (TPSA) is 59.2 Å². The number of aromatic nitrogens is 1. The number of carbonyl (C=O) groups excluding carboxylic acids is 2. The molecule has 4 rings (SSSR count). The maximum absolute atomic E-state index is 13.4. The molecule has 0 saturated carbocycles. The minimum Gasteiger partial charge on any atom is -0.449 e. The highest BCUT2D eigenvalue weighted by Gasteiger charge is 2.27. The largest absolute Gasteiger partial charge is 0.449 e. The third-order valence-corrected chi connectivity index (χ3v) is 6.10. The highest BCUT2D eigenvalue weighted by molar-refractivity contribution is 7.99. The second-order valence-electron chi connectivity index (χ2n) is 6.95. The molecule has 1 heterocycles. The van der Waals surface area contributed by atoms with Crippen molar-refractivity contribution in [1.29, 1.82) is 0 Å². The average Bonchev–Trinajstić information content (AvgIpc) is 3.23. The molecule has 1 atom stereocenters. The van der Waals surface area contributed by atoms with E-state index in [2.05, 4.69) is 4.98 Å². The van der Waals surface area contributed by atoms with Crippen LogP contribution in [0.2, 0.25) is 5.02 Å². The van der Waals surface area contributed by atoms with Gasteiger partial charge in [-0.25, -0.2) is 0 Å². The highest BCUT2D eigenvalue weighted by atomic mass is 35.5. The van der Waals surface area contributed by atoms with Gasteiger partial charge in [-0.3, -0.25) is 9.59 Å². The number of Topliss-reactive ketones (excluding diaryl/α,β-unsaturated/α-hetero) is 1. The summed E-state index contributed by atoms with van der Waals surface area (Å²) in [4.78, 5) is 30.1. The third-order valence-electron chi connectivity index (χ3n) is 4.83. The number of thioether (sulfide) groups is 1. The Morgan fingerprint density at radius 2 is 1.65 bits per heavy atom. The van der Waals surface area contributed by atoms with Gasteiger partial charge in [0.05, 0.1) is 6.42 Å². The van der Waals surface area contributed by atoms with E-state index >= 15 is 0 Å². The van der Waals surface area contributed by atoms with Gasteiger partial charge in [0.1, 0.15) is 0 Å². The number of H-pyrrole nitrogens is 1. The number of hydrogen-bond donors (Lipinski definition) is 1. The molecule has 0 amide bonds. The average molecular weight is 450 g/mol. The van der Waals surface area contributed by atoms with Gasteiger partial charge in [0.25, 0.3) is 0 Å². The number of ether oxygens (including phenoxy) is 1. The standard InChI is InChI=1S/C25H20ClNO3S/c26-18-10-12-19(13-11-18)31-15-14-23(28)30-25(17-6-2-1-3-7-17)24(29)21-16-27-22-9-5-4-8-20(21)22/h1-13,16,25,27H,14-15H2. The fourth-order valence-corrected chi connectivity index (χ4v) is 4.25. The van der Waals surface area contributed by atoms with Crippen molar-refractivity contribution in [2.45, 2.75) is 17.4 Å². The monoisotopic (exact) mass is 449 g/mol. The Morgan fingerprint density at radius 3 is 2.42 bits per heavy atom. The number of rotatable bonds is 8. The van der Waals surface area contributed by atoms with E-state index in [1.54, 1.807) is 18.3 Å². The van der Waals surface area contributed by atoms with Gasteiger partial charge in [0, 0.05) is 43.9 Å². The molecular weight excluding hydrogens is 430 g/mol. The Balaban J connectivity index is 1.48. The van der Waals surface area contributed by atoms with Gasteiger partial charge in [0.15, 0.2) is 6.10 Å². The summed E-state index contributed by atoms with van der Waals surface area (Å²) in [7, 11) is 0. The van der Waals surface area contributed by atoms with E-state index in [4.69, 9.17) is 16.3 Å². The zero-order valence-corrected chi connectivity index (χ0v) is 18.2. The minimum absolute atomic E-state index is 0.192. The fraction of sp³-hybridized carbons (Fsp3) is 0.120. The Bertz CT molecular complexity index is 1190. The molecule has 0 aliphatic rings. The zero-order valence-electron chi connectivity index (χ0n) is 16.6. The first-order valence-corrected chi connectivity index (χ1v) is 11.2. The predicted molar refractivity (Wildman–Crippen MR) is 125 cm³/mol. The first kappa shape index (κ1) is 21.2. The van der Waals surface area contributed by atoms with Crippen LogP contribution in [0.3, 0.4) is 0 Å². The summed E-state index contributed by atoms with van der Waals surface area (Å²) in [6.45, 7) is 0. The SMILES string of the molecule is O=C(CCSc1ccc(Cl)cc1)OC(C(=O)c1c[nH]c2ccccc12)c1ccccc1. The lowest BCUT2D eigenvalue weighted by Gasteiger charge is -2.17. The molecule has 1 unspecified atom stereocenters.